The zero-order chi connectivity index (χ0) is 16.0. The maximum absolute atomic E-state index is 12.0. The Morgan fingerprint density at radius 3 is 2.83 bits per heavy atom. The molecular formula is C17H15ClN4O. The smallest absolute Gasteiger partial charge is 0.330 e. The van der Waals surface area contributed by atoms with Crippen LogP contribution in [0.15, 0.2) is 41.3 Å². The van der Waals surface area contributed by atoms with Crippen molar-refractivity contribution < 1.29 is 0 Å². The summed E-state index contributed by atoms with van der Waals surface area (Å²) in [4.78, 5) is 12.0. The molecule has 2 heterocycles. The van der Waals surface area contributed by atoms with Gasteiger partial charge in [0.2, 0.25) is 0 Å². The lowest BCUT2D eigenvalue weighted by Crippen LogP contribution is -2.10. The van der Waals surface area contributed by atoms with Crippen LogP contribution in [0.1, 0.15) is 12.0 Å². The van der Waals surface area contributed by atoms with E-state index in [1.807, 2.05) is 30.5 Å². The number of nitrogens with two attached hydrogens (primary N) is 1. The molecule has 0 radical (unpaired) electrons. The minimum absolute atomic E-state index is 0.234. The fourth-order valence-corrected chi connectivity index (χ4v) is 3.23. The third-order valence-electron chi connectivity index (χ3n) is 4.17. The monoisotopic (exact) mass is 326 g/mol. The summed E-state index contributed by atoms with van der Waals surface area (Å²) in [5.41, 5.74) is 7.14. The van der Waals surface area contributed by atoms with E-state index < -0.39 is 0 Å². The van der Waals surface area contributed by atoms with Crippen LogP contribution in [0.4, 0.5) is 0 Å². The first-order valence-corrected chi connectivity index (χ1v) is 7.87. The molecule has 0 saturated carbocycles. The van der Waals surface area contributed by atoms with Crippen LogP contribution in [0.3, 0.4) is 0 Å². The van der Waals surface area contributed by atoms with Crippen LogP contribution in [-0.4, -0.2) is 21.1 Å². The van der Waals surface area contributed by atoms with Crippen LogP contribution in [0, 0.1) is 0 Å². The molecule has 0 aliphatic heterocycles. The van der Waals surface area contributed by atoms with E-state index in [1.54, 1.807) is 4.40 Å². The van der Waals surface area contributed by atoms with E-state index in [2.05, 4.69) is 16.3 Å². The van der Waals surface area contributed by atoms with Gasteiger partial charge in [-0.2, -0.15) is 5.10 Å². The summed E-state index contributed by atoms with van der Waals surface area (Å²) < 4.78 is 1.56. The Balaban J connectivity index is 2.14. The lowest BCUT2D eigenvalue weighted by atomic mass is 9.99. The molecule has 2 aromatic heterocycles. The van der Waals surface area contributed by atoms with E-state index in [0.717, 1.165) is 39.9 Å². The first-order valence-electron chi connectivity index (χ1n) is 7.49. The maximum atomic E-state index is 12.0. The van der Waals surface area contributed by atoms with Gasteiger partial charge in [0.1, 0.15) is 0 Å². The van der Waals surface area contributed by atoms with Crippen LogP contribution in [0.2, 0.25) is 5.02 Å². The number of hydrogen-bond donors (Lipinski definition) is 2. The molecule has 6 heteroatoms. The van der Waals surface area contributed by atoms with E-state index in [0.29, 0.717) is 17.2 Å². The first kappa shape index (κ1) is 14.2. The highest BCUT2D eigenvalue weighted by atomic mass is 35.5. The summed E-state index contributed by atoms with van der Waals surface area (Å²) in [5, 5.41) is 11.5. The number of H-pyrrole nitrogens is 1. The molecule has 0 unspecified atom stereocenters. The van der Waals surface area contributed by atoms with Crippen LogP contribution >= 0.6 is 11.6 Å². The van der Waals surface area contributed by atoms with Crippen molar-refractivity contribution in [2.75, 3.05) is 6.54 Å². The van der Waals surface area contributed by atoms with Crippen LogP contribution in [-0.2, 0) is 6.42 Å². The number of aromatic nitrogens is 3. The minimum Gasteiger partial charge on any atom is -0.330 e. The second-order valence-electron chi connectivity index (χ2n) is 5.66. The van der Waals surface area contributed by atoms with Gasteiger partial charge in [0.15, 0.2) is 5.65 Å². The van der Waals surface area contributed by atoms with Crippen LogP contribution < -0.4 is 11.4 Å². The van der Waals surface area contributed by atoms with E-state index in [9.17, 15) is 4.79 Å². The molecule has 0 fully saturated rings. The average Bonchev–Trinajstić information content (AvgIpc) is 2.92. The predicted molar refractivity (Wildman–Crippen MR) is 93.2 cm³/mol. The standard InChI is InChI=1S/C17H15ClN4O/c18-13-4-3-10-7-14-11(2-1-5-19)9-22-16(20-21-17(22)23)15(14)8-12(10)6-13/h3-4,6-9H,1-2,5,19H2,(H,21,23). The predicted octanol–water partition coefficient (Wildman–Crippen LogP) is 2.87. The maximum Gasteiger partial charge on any atom is 0.347 e. The van der Waals surface area contributed by atoms with Gasteiger partial charge in [-0.1, -0.05) is 17.7 Å². The van der Waals surface area contributed by atoms with Gasteiger partial charge in [-0.05, 0) is 65.4 Å². The molecular weight excluding hydrogens is 312 g/mol. The Kier molecular flexibility index (Phi) is 3.32. The second-order valence-corrected chi connectivity index (χ2v) is 6.09. The van der Waals surface area contributed by atoms with E-state index >= 15 is 0 Å². The van der Waals surface area contributed by atoms with Crippen molar-refractivity contribution in [1.29, 1.82) is 0 Å². The van der Waals surface area contributed by atoms with E-state index in [-0.39, 0.29) is 5.69 Å². The third-order valence-corrected chi connectivity index (χ3v) is 4.40. The Labute approximate surface area is 136 Å². The first-order chi connectivity index (χ1) is 11.2. The SMILES string of the molecule is NCCCc1cn2c(=O)[nH]nc2c2cc3cc(Cl)ccc3cc12. The highest BCUT2D eigenvalue weighted by Crippen LogP contribution is 2.29. The number of rotatable bonds is 3. The van der Waals surface area contributed by atoms with Crippen LogP contribution in [0.25, 0.3) is 27.2 Å². The topological polar surface area (TPSA) is 76.2 Å². The zero-order valence-electron chi connectivity index (χ0n) is 12.3. The number of nitrogens with one attached hydrogen (secondary N) is 1. The molecule has 2 aromatic carbocycles. The molecule has 23 heavy (non-hydrogen) atoms. The lowest BCUT2D eigenvalue weighted by molar-refractivity contribution is 0.830. The molecule has 5 nitrogen and oxygen atoms in total. The summed E-state index contributed by atoms with van der Waals surface area (Å²) >= 11 is 6.10. The highest BCUT2D eigenvalue weighted by molar-refractivity contribution is 6.31. The molecule has 0 atom stereocenters. The molecule has 4 aromatic rings. The summed E-state index contributed by atoms with van der Waals surface area (Å²) in [6.07, 6.45) is 3.55. The number of aromatic amines is 1. The zero-order valence-corrected chi connectivity index (χ0v) is 13.1. The summed E-state index contributed by atoms with van der Waals surface area (Å²) in [6, 6.07) is 9.98. The summed E-state index contributed by atoms with van der Waals surface area (Å²) in [5.74, 6) is 0. The summed E-state index contributed by atoms with van der Waals surface area (Å²) in [6.45, 7) is 0.614. The Morgan fingerprint density at radius 2 is 2.00 bits per heavy atom. The Morgan fingerprint density at radius 1 is 1.17 bits per heavy atom. The van der Waals surface area contributed by atoms with Crippen molar-refractivity contribution in [3.05, 3.63) is 57.6 Å². The number of halogens is 1. The molecule has 4 rings (SSSR count). The van der Waals surface area contributed by atoms with Gasteiger partial charge in [-0.25, -0.2) is 14.3 Å². The molecule has 0 aliphatic carbocycles. The normalized spacial score (nSPS) is 11.7. The molecule has 0 aliphatic rings. The third kappa shape index (κ3) is 2.29. The fourth-order valence-electron chi connectivity index (χ4n) is 3.05. The van der Waals surface area contributed by atoms with Crippen molar-refractivity contribution >= 4 is 38.8 Å². The van der Waals surface area contributed by atoms with Crippen molar-refractivity contribution in [1.82, 2.24) is 14.6 Å². The summed E-state index contributed by atoms with van der Waals surface area (Å²) in [7, 11) is 0. The Bertz CT molecular complexity index is 1100. The van der Waals surface area contributed by atoms with Crippen molar-refractivity contribution in [2.24, 2.45) is 5.73 Å². The number of hydrogen-bond acceptors (Lipinski definition) is 3. The molecule has 0 bridgehead atoms. The van der Waals surface area contributed by atoms with Crippen molar-refractivity contribution in [3.63, 3.8) is 0 Å². The van der Waals surface area contributed by atoms with Gasteiger partial charge in [-0.3, -0.25) is 0 Å². The number of aryl methyl sites for hydroxylation is 1. The molecule has 116 valence electrons. The van der Waals surface area contributed by atoms with Crippen molar-refractivity contribution in [3.8, 4) is 0 Å². The van der Waals surface area contributed by atoms with Gasteiger partial charge in [0, 0.05) is 16.6 Å². The van der Waals surface area contributed by atoms with Gasteiger partial charge in [0.25, 0.3) is 0 Å². The molecule has 0 amide bonds. The van der Waals surface area contributed by atoms with Gasteiger partial charge < -0.3 is 5.73 Å². The Hall–Kier alpha value is -2.37. The molecule has 3 N–H and O–H groups in total. The lowest BCUT2D eigenvalue weighted by Gasteiger charge is -2.10. The average molecular weight is 327 g/mol. The second kappa shape index (κ2) is 5.37. The number of benzene rings is 2. The number of fused-ring (bicyclic) bond motifs is 4. The largest absolute Gasteiger partial charge is 0.347 e. The minimum atomic E-state index is -0.234. The highest BCUT2D eigenvalue weighted by Gasteiger charge is 2.11. The number of pyridine rings is 1. The van der Waals surface area contributed by atoms with Crippen molar-refractivity contribution in [2.45, 2.75) is 12.8 Å². The molecule has 0 saturated heterocycles. The fraction of sp³-hybridized carbons (Fsp3) is 0.176. The quantitative estimate of drug-likeness (QED) is 0.568. The van der Waals surface area contributed by atoms with Crippen LogP contribution in [0.5, 0.6) is 0 Å². The van der Waals surface area contributed by atoms with Gasteiger partial charge in [-0.15, -0.1) is 0 Å². The molecule has 0 spiro atoms. The van der Waals surface area contributed by atoms with E-state index in [1.165, 1.54) is 0 Å². The van der Waals surface area contributed by atoms with Gasteiger partial charge >= 0.3 is 5.69 Å². The van der Waals surface area contributed by atoms with Gasteiger partial charge in [0.05, 0.1) is 0 Å². The number of nitrogens with zero attached hydrogens (tertiary/aromatic N) is 2. The van der Waals surface area contributed by atoms with E-state index in [4.69, 9.17) is 17.3 Å².